The molecule has 1 aliphatic heterocycles. The van der Waals surface area contributed by atoms with E-state index in [2.05, 4.69) is 19.2 Å². The molecule has 0 aromatic heterocycles. The van der Waals surface area contributed by atoms with E-state index in [1.807, 2.05) is 30.0 Å². The number of nitrogens with zero attached hydrogens (tertiary/aromatic N) is 1. The average molecular weight is 329 g/mol. The zero-order chi connectivity index (χ0) is 15.3. The molecule has 0 amide bonds. The molecule has 0 bridgehead atoms. The first-order valence-corrected chi connectivity index (χ1v) is 10.1. The number of thioether (sulfide) groups is 1. The summed E-state index contributed by atoms with van der Waals surface area (Å²) < 4.78 is 27.0. The Morgan fingerprint density at radius 1 is 1.29 bits per heavy atom. The van der Waals surface area contributed by atoms with E-state index < -0.39 is 10.0 Å². The molecule has 1 saturated heterocycles. The van der Waals surface area contributed by atoms with Crippen LogP contribution < -0.4 is 5.32 Å². The molecule has 4 nitrogen and oxygen atoms in total. The largest absolute Gasteiger partial charge is 0.310 e. The van der Waals surface area contributed by atoms with Crippen molar-refractivity contribution >= 4 is 21.8 Å². The van der Waals surface area contributed by atoms with Crippen molar-refractivity contribution in [3.8, 4) is 0 Å². The lowest BCUT2D eigenvalue weighted by Gasteiger charge is -2.26. The Kier molecular flexibility index (Phi) is 6.10. The topological polar surface area (TPSA) is 49.4 Å². The lowest BCUT2D eigenvalue weighted by molar-refractivity contribution is 0.443. The second-order valence-corrected chi connectivity index (χ2v) is 8.27. The highest BCUT2D eigenvalue weighted by Gasteiger charge is 2.26. The number of benzene rings is 1. The van der Waals surface area contributed by atoms with Crippen LogP contribution in [0.2, 0.25) is 0 Å². The van der Waals surface area contributed by atoms with E-state index in [1.54, 1.807) is 10.4 Å². The van der Waals surface area contributed by atoms with Gasteiger partial charge in [0, 0.05) is 30.6 Å². The van der Waals surface area contributed by atoms with Gasteiger partial charge in [0.25, 0.3) is 0 Å². The molecule has 1 N–H and O–H groups in total. The molecule has 1 fully saturated rings. The van der Waals surface area contributed by atoms with E-state index >= 15 is 0 Å². The normalized spacial score (nSPS) is 18.6. The van der Waals surface area contributed by atoms with Gasteiger partial charge < -0.3 is 5.32 Å². The lowest BCUT2D eigenvalue weighted by atomic mass is 10.0. The first-order valence-electron chi connectivity index (χ1n) is 7.50. The minimum atomic E-state index is -3.35. The molecule has 1 heterocycles. The van der Waals surface area contributed by atoms with Gasteiger partial charge in [0.2, 0.25) is 10.0 Å². The van der Waals surface area contributed by atoms with E-state index in [4.69, 9.17) is 0 Å². The lowest BCUT2D eigenvalue weighted by Crippen LogP contribution is -2.37. The van der Waals surface area contributed by atoms with Crippen molar-refractivity contribution < 1.29 is 8.42 Å². The fourth-order valence-electron chi connectivity index (χ4n) is 2.57. The van der Waals surface area contributed by atoms with Gasteiger partial charge in [-0.2, -0.15) is 16.1 Å². The van der Waals surface area contributed by atoms with Gasteiger partial charge in [-0.25, -0.2) is 8.42 Å². The van der Waals surface area contributed by atoms with Gasteiger partial charge >= 0.3 is 0 Å². The minimum absolute atomic E-state index is 0.210. The summed E-state index contributed by atoms with van der Waals surface area (Å²) in [5, 5.41) is 3.40. The fraction of sp³-hybridized carbons (Fsp3) is 0.600. The van der Waals surface area contributed by atoms with Crippen molar-refractivity contribution in [2.24, 2.45) is 0 Å². The fourth-order valence-corrected chi connectivity index (χ4v) is 5.20. The van der Waals surface area contributed by atoms with Crippen LogP contribution in [0, 0.1) is 0 Å². The third-order valence-corrected chi connectivity index (χ3v) is 6.56. The number of nitrogens with one attached hydrogen (secondary N) is 1. The Morgan fingerprint density at radius 2 is 2.00 bits per heavy atom. The quantitative estimate of drug-likeness (QED) is 0.871. The number of hydrogen-bond donors (Lipinski definition) is 1. The van der Waals surface area contributed by atoms with E-state index in [9.17, 15) is 8.42 Å². The van der Waals surface area contributed by atoms with E-state index in [-0.39, 0.29) is 6.04 Å². The molecule has 1 aromatic rings. The van der Waals surface area contributed by atoms with Crippen molar-refractivity contribution in [3.63, 3.8) is 0 Å². The second-order valence-electron chi connectivity index (χ2n) is 5.11. The molecular weight excluding hydrogens is 304 g/mol. The summed E-state index contributed by atoms with van der Waals surface area (Å²) in [7, 11) is -3.35. The highest BCUT2D eigenvalue weighted by atomic mass is 32.2. The van der Waals surface area contributed by atoms with Crippen LogP contribution in [0.15, 0.2) is 29.2 Å². The summed E-state index contributed by atoms with van der Waals surface area (Å²) in [6.45, 7) is 6.27. The van der Waals surface area contributed by atoms with Crippen LogP contribution in [0.5, 0.6) is 0 Å². The second kappa shape index (κ2) is 7.63. The SMILES string of the molecule is CCNC(CC)c1cccc(S(=O)(=O)N2CCSCC2)c1. The Morgan fingerprint density at radius 3 is 2.62 bits per heavy atom. The molecule has 0 aliphatic carbocycles. The molecule has 118 valence electrons. The Labute approximate surface area is 132 Å². The van der Waals surface area contributed by atoms with Crippen LogP contribution in [0.3, 0.4) is 0 Å². The Bertz CT molecular complexity index is 555. The van der Waals surface area contributed by atoms with Gasteiger partial charge in [-0.1, -0.05) is 26.0 Å². The average Bonchev–Trinajstić information content (AvgIpc) is 2.53. The summed E-state index contributed by atoms with van der Waals surface area (Å²) in [6, 6.07) is 7.60. The van der Waals surface area contributed by atoms with E-state index in [0.717, 1.165) is 30.0 Å². The van der Waals surface area contributed by atoms with Crippen molar-refractivity contribution in [2.45, 2.75) is 31.2 Å². The van der Waals surface area contributed by atoms with E-state index in [1.165, 1.54) is 0 Å². The minimum Gasteiger partial charge on any atom is -0.310 e. The smallest absolute Gasteiger partial charge is 0.243 e. The molecule has 0 spiro atoms. The number of hydrogen-bond acceptors (Lipinski definition) is 4. The van der Waals surface area contributed by atoms with Crippen LogP contribution in [-0.2, 0) is 10.0 Å². The highest BCUT2D eigenvalue weighted by molar-refractivity contribution is 7.99. The van der Waals surface area contributed by atoms with Gasteiger partial charge in [-0.15, -0.1) is 0 Å². The van der Waals surface area contributed by atoms with Gasteiger partial charge in [-0.3, -0.25) is 0 Å². The molecule has 0 saturated carbocycles. The summed E-state index contributed by atoms with van der Waals surface area (Å²) >= 11 is 1.81. The molecule has 0 radical (unpaired) electrons. The van der Waals surface area contributed by atoms with E-state index in [0.29, 0.717) is 18.0 Å². The molecular formula is C15H24N2O2S2. The van der Waals surface area contributed by atoms with Crippen LogP contribution in [0.25, 0.3) is 0 Å². The highest BCUT2D eigenvalue weighted by Crippen LogP contribution is 2.24. The first-order chi connectivity index (χ1) is 10.1. The Hall–Kier alpha value is -0.560. The van der Waals surface area contributed by atoms with Crippen molar-refractivity contribution in [3.05, 3.63) is 29.8 Å². The summed E-state index contributed by atoms with van der Waals surface area (Å²) in [5.74, 6) is 1.77. The number of rotatable bonds is 6. The maximum absolute atomic E-state index is 12.7. The summed E-state index contributed by atoms with van der Waals surface area (Å²) in [4.78, 5) is 0.420. The third-order valence-electron chi connectivity index (χ3n) is 3.73. The predicted molar refractivity (Wildman–Crippen MR) is 89.2 cm³/mol. The van der Waals surface area contributed by atoms with Crippen LogP contribution in [-0.4, -0.2) is 43.9 Å². The van der Waals surface area contributed by atoms with Gasteiger partial charge in [-0.05, 0) is 30.7 Å². The zero-order valence-corrected chi connectivity index (χ0v) is 14.3. The van der Waals surface area contributed by atoms with Crippen molar-refractivity contribution in [2.75, 3.05) is 31.1 Å². The van der Waals surface area contributed by atoms with Crippen LogP contribution >= 0.6 is 11.8 Å². The molecule has 1 aliphatic rings. The maximum Gasteiger partial charge on any atom is 0.243 e. The predicted octanol–water partition coefficient (Wildman–Crippen LogP) is 2.48. The van der Waals surface area contributed by atoms with Crippen LogP contribution in [0.1, 0.15) is 31.9 Å². The standard InChI is InChI=1S/C15H24N2O2S2/c1-3-15(16-4-2)13-6-5-7-14(12-13)21(18,19)17-8-10-20-11-9-17/h5-7,12,15-16H,3-4,8-11H2,1-2H3. The molecule has 1 unspecified atom stereocenters. The van der Waals surface area contributed by atoms with Crippen molar-refractivity contribution in [1.29, 1.82) is 0 Å². The van der Waals surface area contributed by atoms with Gasteiger partial charge in [0.1, 0.15) is 0 Å². The summed E-state index contributed by atoms with van der Waals surface area (Å²) in [5.41, 5.74) is 1.05. The number of sulfonamides is 1. The molecule has 1 aromatic carbocycles. The monoisotopic (exact) mass is 328 g/mol. The molecule has 1 atom stereocenters. The third kappa shape index (κ3) is 4.00. The van der Waals surface area contributed by atoms with Crippen LogP contribution in [0.4, 0.5) is 0 Å². The Balaban J connectivity index is 2.27. The van der Waals surface area contributed by atoms with Gasteiger partial charge in [0.05, 0.1) is 4.90 Å². The molecule has 6 heteroatoms. The summed E-state index contributed by atoms with van der Waals surface area (Å²) in [6.07, 6.45) is 0.942. The zero-order valence-electron chi connectivity index (χ0n) is 12.7. The van der Waals surface area contributed by atoms with Gasteiger partial charge in [0.15, 0.2) is 0 Å². The first kappa shape index (κ1) is 16.8. The molecule has 2 rings (SSSR count). The maximum atomic E-state index is 12.7. The molecule has 21 heavy (non-hydrogen) atoms. The van der Waals surface area contributed by atoms with Crippen molar-refractivity contribution in [1.82, 2.24) is 9.62 Å².